The predicted octanol–water partition coefficient (Wildman–Crippen LogP) is 5.56. The summed E-state index contributed by atoms with van der Waals surface area (Å²) in [6.07, 6.45) is -0.269. The van der Waals surface area contributed by atoms with Crippen molar-refractivity contribution in [2.75, 3.05) is 110 Å². The summed E-state index contributed by atoms with van der Waals surface area (Å²) in [6, 6.07) is 6.78. The van der Waals surface area contributed by atoms with Crippen molar-refractivity contribution in [2.45, 2.75) is 114 Å². The number of ether oxygens (including phenoxy) is 10. The molecular weight excluding hydrogens is 1270 g/mol. The molecule has 2 aromatic rings. The number of epoxide rings is 1. The Bertz CT molecular complexity index is 3040. The number of hydrogen-bond donors (Lipinski definition) is 5. The molecule has 4 heterocycles. The van der Waals surface area contributed by atoms with Gasteiger partial charge in [-0.15, -0.1) is 0 Å². The normalized spacial score (nSPS) is 25.0. The molecule has 30 heteroatoms. The van der Waals surface area contributed by atoms with Gasteiger partial charge in [0.15, 0.2) is 5.72 Å². The highest BCUT2D eigenvalue weighted by molar-refractivity contribution is 9.09. The molecular formula is C60H80BrClN8O20. The van der Waals surface area contributed by atoms with Gasteiger partial charge in [-0.1, -0.05) is 70.4 Å². The third-order valence-electron chi connectivity index (χ3n) is 15.5. The molecule has 28 nitrogen and oxygen atoms in total. The van der Waals surface area contributed by atoms with E-state index in [0.29, 0.717) is 23.4 Å². The van der Waals surface area contributed by atoms with Gasteiger partial charge in [-0.05, 0) is 68.7 Å². The Balaban J connectivity index is 1.03. The molecule has 6 rings (SSSR count). The number of benzene rings is 2. The van der Waals surface area contributed by atoms with Crippen LogP contribution >= 0.6 is 27.5 Å². The van der Waals surface area contributed by atoms with E-state index in [-0.39, 0.29) is 93.1 Å². The topological polar surface area (TPSA) is 331 Å². The van der Waals surface area contributed by atoms with E-state index in [2.05, 4.69) is 37.2 Å². The smallest absolute Gasteiger partial charge is 0.412 e. The summed E-state index contributed by atoms with van der Waals surface area (Å²) in [6.45, 7) is 6.38. The maximum Gasteiger partial charge on any atom is 0.412 e. The Hall–Kier alpha value is -7.54. The number of nitrogens with one attached hydrogen (secondary N) is 4. The molecule has 2 saturated heterocycles. The number of rotatable bonds is 20. The second kappa shape index (κ2) is 33.0. The highest BCUT2D eigenvalue weighted by Gasteiger charge is 2.64. The Morgan fingerprint density at radius 2 is 1.67 bits per heavy atom. The van der Waals surface area contributed by atoms with Gasteiger partial charge < -0.3 is 82.7 Å². The molecule has 8 amide bonds. The van der Waals surface area contributed by atoms with Gasteiger partial charge in [-0.2, -0.15) is 0 Å². The first kappa shape index (κ1) is 71.5. The number of likely N-dealkylation sites (N-methyl/N-ethyl adjacent to an activating group) is 3. The molecule has 0 aliphatic carbocycles. The largest absolute Gasteiger partial charge is 0.495 e. The van der Waals surface area contributed by atoms with Crippen LogP contribution in [0.2, 0.25) is 5.02 Å². The fourth-order valence-electron chi connectivity index (χ4n) is 9.89. The second-order valence-corrected chi connectivity index (χ2v) is 23.1. The third-order valence-corrected chi connectivity index (χ3v) is 16.4. The number of amides is 8. The summed E-state index contributed by atoms with van der Waals surface area (Å²) in [7, 11) is 8.59. The molecule has 5 N–H and O–H groups in total. The monoisotopic (exact) mass is 1350 g/mol. The number of carbonyl (C=O) groups excluding carboxylic acids is 9. The lowest BCUT2D eigenvalue weighted by molar-refractivity contribution is -0.162. The molecule has 9 atom stereocenters. The molecule has 494 valence electrons. The van der Waals surface area contributed by atoms with Crippen LogP contribution in [0.1, 0.15) is 64.5 Å². The SMILES string of the molecule is COc1cc2cc(c1Cl)N(C)C(=O)C[C@H](OC(=O)[C@H](C)N(C)C(=O)CCOC(=O)N(C)CCN(C)C(=O)OCc1ccc(NC(=O)OC3/C=C/COCOC3)c(NC(=O)CCNC(=O)CBr)c1)[C@]1(C)O[C@H]1[C@H](C)[C@@H]1C[C@@](O)(NC(=O)O1)[C@H](OC)/C=C/C=C(\C)C2. The number of alkyl halides is 1. The average molecular weight is 1350 g/mol. The Labute approximate surface area is 535 Å². The number of alkyl carbamates (subject to hydrolysis) is 1. The molecule has 0 radical (unpaired) electrons. The van der Waals surface area contributed by atoms with E-state index in [9.17, 15) is 48.3 Å². The van der Waals surface area contributed by atoms with Crippen LogP contribution in [0, 0.1) is 5.92 Å². The number of carbonyl (C=O) groups is 9. The maximum absolute atomic E-state index is 14.4. The van der Waals surface area contributed by atoms with E-state index in [1.54, 1.807) is 56.4 Å². The lowest BCUT2D eigenvalue weighted by Crippen LogP contribution is -2.63. The molecule has 1 unspecified atom stereocenters. The van der Waals surface area contributed by atoms with Gasteiger partial charge in [-0.25, -0.2) is 24.0 Å². The number of aliphatic hydroxyl groups is 1. The van der Waals surface area contributed by atoms with Crippen molar-refractivity contribution in [2.24, 2.45) is 5.92 Å². The number of anilines is 3. The van der Waals surface area contributed by atoms with E-state index in [1.807, 2.05) is 13.0 Å². The van der Waals surface area contributed by atoms with Crippen LogP contribution in [0.5, 0.6) is 5.75 Å². The number of halogens is 2. The summed E-state index contributed by atoms with van der Waals surface area (Å²) < 4.78 is 56.3. The molecule has 4 aliphatic heterocycles. The minimum absolute atomic E-state index is 0.0147. The molecule has 4 bridgehead atoms. The molecule has 2 aromatic carbocycles. The summed E-state index contributed by atoms with van der Waals surface area (Å²) >= 11 is 9.87. The van der Waals surface area contributed by atoms with Crippen molar-refractivity contribution >= 4 is 98.6 Å². The first-order valence-electron chi connectivity index (χ1n) is 28.9. The van der Waals surface area contributed by atoms with Crippen LogP contribution in [0.25, 0.3) is 0 Å². The van der Waals surface area contributed by atoms with Crippen molar-refractivity contribution in [3.8, 4) is 5.75 Å². The van der Waals surface area contributed by atoms with Gasteiger partial charge in [0.25, 0.3) is 0 Å². The van der Waals surface area contributed by atoms with Crippen LogP contribution in [-0.4, -0.2) is 216 Å². The molecule has 0 aromatic heterocycles. The van der Waals surface area contributed by atoms with Crippen LogP contribution in [0.15, 0.2) is 66.3 Å². The number of esters is 1. The van der Waals surface area contributed by atoms with Crippen LogP contribution in [0.4, 0.5) is 36.2 Å². The summed E-state index contributed by atoms with van der Waals surface area (Å²) in [5.41, 5.74) is -0.620. The van der Waals surface area contributed by atoms with E-state index in [4.69, 9.17) is 59.0 Å². The molecule has 4 aliphatic rings. The molecule has 0 spiro atoms. The average Bonchev–Trinajstić information content (AvgIpc) is 1.57. The van der Waals surface area contributed by atoms with Gasteiger partial charge in [-0.3, -0.25) is 29.8 Å². The van der Waals surface area contributed by atoms with E-state index in [0.717, 1.165) is 16.0 Å². The highest BCUT2D eigenvalue weighted by Crippen LogP contribution is 2.49. The quantitative estimate of drug-likeness (QED) is 0.0356. The third kappa shape index (κ3) is 19.7. The Morgan fingerprint density at radius 1 is 0.944 bits per heavy atom. The minimum Gasteiger partial charge on any atom is -0.495 e. The Morgan fingerprint density at radius 3 is 2.37 bits per heavy atom. The van der Waals surface area contributed by atoms with E-state index < -0.39 is 115 Å². The highest BCUT2D eigenvalue weighted by atomic mass is 79.9. The van der Waals surface area contributed by atoms with Gasteiger partial charge in [0.2, 0.25) is 23.6 Å². The van der Waals surface area contributed by atoms with Crippen LogP contribution in [0.3, 0.4) is 0 Å². The zero-order valence-electron chi connectivity index (χ0n) is 52.0. The van der Waals surface area contributed by atoms with Gasteiger partial charge in [0.1, 0.15) is 66.8 Å². The molecule has 2 fully saturated rings. The zero-order valence-corrected chi connectivity index (χ0v) is 54.3. The second-order valence-electron chi connectivity index (χ2n) is 22.2. The number of nitrogens with zero attached hydrogens (tertiary/aromatic N) is 4. The number of methoxy groups -OCH3 is 2. The van der Waals surface area contributed by atoms with E-state index >= 15 is 0 Å². The first-order chi connectivity index (χ1) is 42.7. The lowest BCUT2D eigenvalue weighted by Gasteiger charge is -2.42. The van der Waals surface area contributed by atoms with Gasteiger partial charge in [0.05, 0.1) is 61.7 Å². The summed E-state index contributed by atoms with van der Waals surface area (Å²) in [4.78, 5) is 124. The van der Waals surface area contributed by atoms with Crippen molar-refractivity contribution in [1.82, 2.24) is 25.3 Å². The Kier molecular flexibility index (Phi) is 26.2. The minimum atomic E-state index is -1.91. The summed E-state index contributed by atoms with van der Waals surface area (Å²) in [5, 5.41) is 22.5. The number of hydrogen-bond acceptors (Lipinski definition) is 20. The van der Waals surface area contributed by atoms with Gasteiger partial charge in [0, 0.05) is 73.7 Å². The maximum atomic E-state index is 14.4. The van der Waals surface area contributed by atoms with Crippen molar-refractivity contribution < 1.29 is 95.6 Å². The fourth-order valence-corrected chi connectivity index (χ4v) is 10.4. The summed E-state index contributed by atoms with van der Waals surface area (Å²) in [5.74, 6) is -3.17. The van der Waals surface area contributed by atoms with Crippen molar-refractivity contribution in [3.05, 3.63) is 82.4 Å². The van der Waals surface area contributed by atoms with Crippen LogP contribution in [-0.2, 0) is 79.6 Å². The first-order valence-corrected chi connectivity index (χ1v) is 30.4. The number of fused-ring (bicyclic) bond motifs is 5. The lowest BCUT2D eigenvalue weighted by atomic mass is 9.83. The predicted molar refractivity (Wildman–Crippen MR) is 329 cm³/mol. The fraction of sp³-hybridized carbons (Fsp3) is 0.550. The number of allylic oxidation sites excluding steroid dienone is 3. The van der Waals surface area contributed by atoms with E-state index in [1.165, 1.54) is 76.2 Å². The van der Waals surface area contributed by atoms with Crippen molar-refractivity contribution in [1.29, 1.82) is 0 Å². The van der Waals surface area contributed by atoms with Gasteiger partial charge >= 0.3 is 30.3 Å². The molecule has 0 saturated carbocycles. The molecule has 90 heavy (non-hydrogen) atoms. The standard InChI is InChI=1S/C60H80BrClN8O20/c1-35-13-11-15-46(82-10)60(80)30-45(88-56(77)66-60)36(2)53-59(4,90-53)47(29-51(74)70(8)43-27-39(25-35)28-44(81-9)52(43)62)89-54(75)37(3)69(7)50(73)19-24-85-57(78)67(5)21-22-68(6)58(79)86-32-38-16-17-41(42(26-38)64-48(71)18-20-63-49(72)31-61)65-55(76)87-40-14-12-23-83-34-84-33-40/h11-17,26-28,36-37,40,45-47,53,80H,18-25,29-34H2,1-10H3,(H,63,72)(H,64,71)(H,65,76)(H,66,77)/b14-12+,15-11+,35-13+/t36-,37+,40?,45+,46-,47+,53+,59+,60+/m1/s1. The van der Waals surface area contributed by atoms with Crippen LogP contribution < -0.4 is 30.9 Å². The van der Waals surface area contributed by atoms with Crippen molar-refractivity contribution in [3.63, 3.8) is 0 Å². The zero-order chi connectivity index (χ0) is 66.0.